The predicted molar refractivity (Wildman–Crippen MR) is 155 cm³/mol. The van der Waals surface area contributed by atoms with Crippen molar-refractivity contribution in [2.24, 2.45) is 0 Å². The Kier molecular flexibility index (Phi) is 10.2. The normalized spacial score (nSPS) is 14.9. The largest absolute Gasteiger partial charge is 0.496 e. The minimum atomic E-state index is -0.425. The van der Waals surface area contributed by atoms with Crippen molar-refractivity contribution in [1.82, 2.24) is 14.8 Å². The number of carbonyl (C=O) groups excluding carboxylic acids is 2. The van der Waals surface area contributed by atoms with E-state index in [-0.39, 0.29) is 17.9 Å². The van der Waals surface area contributed by atoms with Crippen LogP contribution in [0.3, 0.4) is 0 Å². The molecule has 0 fully saturated rings. The van der Waals surface area contributed by atoms with E-state index < -0.39 is 5.82 Å². The fourth-order valence-corrected chi connectivity index (χ4v) is 5.19. The van der Waals surface area contributed by atoms with Crippen LogP contribution in [0.25, 0.3) is 0 Å². The number of benzene rings is 2. The number of fused-ring (bicyclic) bond motifs is 1. The number of nitrogens with zero attached hydrogens (tertiary/aromatic N) is 4. The molecule has 0 spiro atoms. The summed E-state index contributed by atoms with van der Waals surface area (Å²) >= 11 is 0. The topological polar surface area (TPSA) is 66.0 Å². The summed E-state index contributed by atoms with van der Waals surface area (Å²) in [5, 5.41) is 0. The first kappa shape index (κ1) is 29.2. The molecule has 1 aliphatic heterocycles. The van der Waals surface area contributed by atoms with E-state index in [1.54, 1.807) is 42.5 Å². The minimum Gasteiger partial charge on any atom is -0.496 e. The molecule has 0 bridgehead atoms. The number of aromatic nitrogens is 1. The molecule has 0 radical (unpaired) electrons. The summed E-state index contributed by atoms with van der Waals surface area (Å²) < 4.78 is 20.1. The summed E-state index contributed by atoms with van der Waals surface area (Å²) in [6, 6.07) is 17.8. The van der Waals surface area contributed by atoms with Crippen molar-refractivity contribution in [2.75, 3.05) is 38.2 Å². The van der Waals surface area contributed by atoms with Gasteiger partial charge in [-0.15, -0.1) is 0 Å². The van der Waals surface area contributed by atoms with E-state index in [4.69, 9.17) is 4.74 Å². The highest BCUT2D eigenvalue weighted by Gasteiger charge is 2.26. The monoisotopic (exact) mass is 546 g/mol. The van der Waals surface area contributed by atoms with E-state index in [2.05, 4.69) is 23.7 Å². The number of anilines is 1. The van der Waals surface area contributed by atoms with Gasteiger partial charge in [-0.05, 0) is 74.6 Å². The number of amides is 2. The third-order valence-corrected chi connectivity index (χ3v) is 7.42. The van der Waals surface area contributed by atoms with Crippen LogP contribution in [0.1, 0.15) is 54.7 Å². The SMILES string of the molecule is COc1ccccc1CCCC(=O)N1CCN(C(C)C)CCCN(C(=O)c2ccccn2)c2cc(F)ccc2C1. The highest BCUT2D eigenvalue weighted by Crippen LogP contribution is 2.27. The van der Waals surface area contributed by atoms with Gasteiger partial charge in [0.15, 0.2) is 0 Å². The molecule has 40 heavy (non-hydrogen) atoms. The molecule has 1 aliphatic rings. The molecule has 2 aromatic carbocycles. The fourth-order valence-electron chi connectivity index (χ4n) is 5.19. The second-order valence-electron chi connectivity index (χ2n) is 10.4. The van der Waals surface area contributed by atoms with E-state index in [0.717, 1.165) is 36.4 Å². The Bertz CT molecular complexity index is 1280. The van der Waals surface area contributed by atoms with Crippen LogP contribution in [0.15, 0.2) is 66.9 Å². The van der Waals surface area contributed by atoms with Gasteiger partial charge in [0, 0.05) is 51.4 Å². The van der Waals surface area contributed by atoms with E-state index >= 15 is 0 Å². The molecule has 0 unspecified atom stereocenters. The number of ether oxygens (including phenoxy) is 1. The Balaban J connectivity index is 1.60. The van der Waals surface area contributed by atoms with Gasteiger partial charge in [-0.1, -0.05) is 30.3 Å². The molecule has 0 N–H and O–H groups in total. The number of hydrogen-bond donors (Lipinski definition) is 0. The zero-order valence-corrected chi connectivity index (χ0v) is 23.7. The Labute approximate surface area is 236 Å². The lowest BCUT2D eigenvalue weighted by Crippen LogP contribution is -2.41. The van der Waals surface area contributed by atoms with Crippen molar-refractivity contribution >= 4 is 17.5 Å². The van der Waals surface area contributed by atoms with Crippen molar-refractivity contribution in [1.29, 1.82) is 0 Å². The summed E-state index contributed by atoms with van der Waals surface area (Å²) in [4.78, 5) is 37.3. The van der Waals surface area contributed by atoms with E-state index in [9.17, 15) is 14.0 Å². The van der Waals surface area contributed by atoms with E-state index in [0.29, 0.717) is 50.3 Å². The van der Waals surface area contributed by atoms with Crippen LogP contribution < -0.4 is 9.64 Å². The van der Waals surface area contributed by atoms with Crippen molar-refractivity contribution in [2.45, 2.75) is 52.1 Å². The van der Waals surface area contributed by atoms with Crippen molar-refractivity contribution in [3.8, 4) is 5.75 Å². The number of carbonyl (C=O) groups is 2. The Hall–Kier alpha value is -3.78. The van der Waals surface area contributed by atoms with Crippen LogP contribution in [0, 0.1) is 5.82 Å². The molecule has 2 amide bonds. The lowest BCUT2D eigenvalue weighted by atomic mass is 10.1. The average molecular weight is 547 g/mol. The van der Waals surface area contributed by atoms with Gasteiger partial charge < -0.3 is 14.5 Å². The molecule has 0 atom stereocenters. The first-order valence-electron chi connectivity index (χ1n) is 14.0. The molecule has 212 valence electrons. The molecule has 1 aromatic heterocycles. The van der Waals surface area contributed by atoms with Crippen LogP contribution in [0.4, 0.5) is 10.1 Å². The third-order valence-electron chi connectivity index (χ3n) is 7.42. The second kappa shape index (κ2) is 14.0. The zero-order valence-electron chi connectivity index (χ0n) is 23.7. The van der Waals surface area contributed by atoms with E-state index in [1.165, 1.54) is 12.1 Å². The van der Waals surface area contributed by atoms with Crippen LogP contribution in [0.2, 0.25) is 0 Å². The van der Waals surface area contributed by atoms with Crippen molar-refractivity contribution in [3.05, 3.63) is 89.5 Å². The van der Waals surface area contributed by atoms with Gasteiger partial charge in [0.2, 0.25) is 5.91 Å². The molecule has 2 heterocycles. The number of para-hydroxylation sites is 1. The van der Waals surface area contributed by atoms with Crippen LogP contribution in [0.5, 0.6) is 5.75 Å². The molecule has 0 aliphatic carbocycles. The predicted octanol–water partition coefficient (Wildman–Crippen LogP) is 5.34. The number of halogens is 1. The van der Waals surface area contributed by atoms with Crippen LogP contribution >= 0.6 is 0 Å². The summed E-state index contributed by atoms with van der Waals surface area (Å²) in [5.41, 5.74) is 2.60. The quantitative estimate of drug-likeness (QED) is 0.400. The highest BCUT2D eigenvalue weighted by atomic mass is 19.1. The first-order chi connectivity index (χ1) is 19.4. The van der Waals surface area contributed by atoms with Crippen molar-refractivity contribution in [3.63, 3.8) is 0 Å². The molecule has 4 rings (SSSR count). The second-order valence-corrected chi connectivity index (χ2v) is 10.4. The summed E-state index contributed by atoms with van der Waals surface area (Å²) in [7, 11) is 1.65. The smallest absolute Gasteiger partial charge is 0.276 e. The summed E-state index contributed by atoms with van der Waals surface area (Å²) in [6.45, 7) is 7.02. The van der Waals surface area contributed by atoms with E-state index in [1.807, 2.05) is 29.2 Å². The molecular weight excluding hydrogens is 507 g/mol. The number of rotatable bonds is 7. The Morgan fingerprint density at radius 3 is 2.55 bits per heavy atom. The summed E-state index contributed by atoms with van der Waals surface area (Å²) in [5.74, 6) is 0.158. The molecule has 3 aromatic rings. The van der Waals surface area contributed by atoms with Gasteiger partial charge in [-0.25, -0.2) is 4.39 Å². The minimum absolute atomic E-state index is 0.0377. The maximum atomic E-state index is 14.6. The lowest BCUT2D eigenvalue weighted by molar-refractivity contribution is -0.132. The van der Waals surface area contributed by atoms with Gasteiger partial charge in [0.1, 0.15) is 17.3 Å². The van der Waals surface area contributed by atoms with Crippen LogP contribution in [-0.2, 0) is 17.8 Å². The van der Waals surface area contributed by atoms with Crippen molar-refractivity contribution < 1.29 is 18.7 Å². The Morgan fingerprint density at radius 1 is 1.00 bits per heavy atom. The maximum Gasteiger partial charge on any atom is 0.276 e. The number of methoxy groups -OCH3 is 1. The van der Waals surface area contributed by atoms with Gasteiger partial charge in [0.05, 0.1) is 12.8 Å². The zero-order chi connectivity index (χ0) is 28.5. The third kappa shape index (κ3) is 7.45. The molecule has 8 heteroatoms. The summed E-state index contributed by atoms with van der Waals surface area (Å²) in [6.07, 6.45) is 4.09. The number of hydrogen-bond acceptors (Lipinski definition) is 5. The lowest BCUT2D eigenvalue weighted by Gasteiger charge is -2.30. The average Bonchev–Trinajstić information content (AvgIpc) is 3.00. The maximum absolute atomic E-state index is 14.6. The molecule has 7 nitrogen and oxygen atoms in total. The first-order valence-corrected chi connectivity index (χ1v) is 14.0. The standard InChI is InChI=1S/C32H39FN4O3/c1-24(2)35-18-9-19-37(32(39)28-12-6-7-17-34-28)29-22-27(33)16-15-26(29)23-36(21-20-35)31(38)14-8-11-25-10-4-5-13-30(25)40-3/h4-7,10,12-13,15-17,22,24H,8-9,11,14,18-21,23H2,1-3H3. The molecule has 0 saturated carbocycles. The number of aryl methyl sites for hydroxylation is 1. The van der Waals surface area contributed by atoms with Gasteiger partial charge in [-0.3, -0.25) is 19.5 Å². The number of pyridine rings is 1. The van der Waals surface area contributed by atoms with Gasteiger partial charge in [0.25, 0.3) is 5.91 Å². The Morgan fingerprint density at radius 2 is 1.80 bits per heavy atom. The van der Waals surface area contributed by atoms with Crippen LogP contribution in [-0.4, -0.2) is 65.9 Å². The van der Waals surface area contributed by atoms with Gasteiger partial charge >= 0.3 is 0 Å². The fraction of sp³-hybridized carbons (Fsp3) is 0.406. The highest BCUT2D eigenvalue weighted by molar-refractivity contribution is 6.05. The molecule has 0 saturated heterocycles. The molecular formula is C32H39FN4O3. The van der Waals surface area contributed by atoms with Gasteiger partial charge in [-0.2, -0.15) is 0 Å².